The molecule has 2 aromatic carbocycles. The van der Waals surface area contributed by atoms with Gasteiger partial charge >= 0.3 is 11.8 Å². The van der Waals surface area contributed by atoms with E-state index in [1.165, 1.54) is 6.07 Å². The second-order valence-corrected chi connectivity index (χ2v) is 9.05. The summed E-state index contributed by atoms with van der Waals surface area (Å²) in [6, 6.07) is 8.84. The molecule has 11 heteroatoms. The molecule has 156 valence electrons. The van der Waals surface area contributed by atoms with Crippen molar-refractivity contribution in [1.82, 2.24) is 4.72 Å². The lowest BCUT2D eigenvalue weighted by molar-refractivity contribution is -0.166. The van der Waals surface area contributed by atoms with Crippen molar-refractivity contribution in [2.45, 2.75) is 41.8 Å². The van der Waals surface area contributed by atoms with Gasteiger partial charge in [0.05, 0.1) is 17.1 Å². The van der Waals surface area contributed by atoms with Crippen LogP contribution in [0.4, 0.5) is 13.2 Å². The van der Waals surface area contributed by atoms with Gasteiger partial charge < -0.3 is 4.74 Å². The molecule has 7 nitrogen and oxygen atoms in total. The van der Waals surface area contributed by atoms with Gasteiger partial charge in [-0.3, -0.25) is 4.79 Å². The molecule has 1 fully saturated rings. The van der Waals surface area contributed by atoms with Crippen molar-refractivity contribution in [2.24, 2.45) is 10.2 Å². The van der Waals surface area contributed by atoms with Crippen LogP contribution >= 0.6 is 0 Å². The number of carbonyl (C=O) groups is 1. The number of nitrogens with one attached hydrogen (secondary N) is 1. The Balaban J connectivity index is 1.35. The van der Waals surface area contributed by atoms with Gasteiger partial charge in [0, 0.05) is 11.1 Å². The molecule has 2 unspecified atom stereocenters. The van der Waals surface area contributed by atoms with E-state index in [2.05, 4.69) is 10.2 Å². The minimum absolute atomic E-state index is 0.0225. The second-order valence-electron chi connectivity index (χ2n) is 7.36. The summed E-state index contributed by atoms with van der Waals surface area (Å²) in [6.07, 6.45) is -3.00. The Labute approximate surface area is 169 Å². The van der Waals surface area contributed by atoms with Crippen molar-refractivity contribution < 1.29 is 31.1 Å². The predicted molar refractivity (Wildman–Crippen MR) is 95.9 cm³/mol. The van der Waals surface area contributed by atoms with E-state index in [1.54, 1.807) is 12.1 Å². The molecule has 30 heavy (non-hydrogen) atoms. The summed E-state index contributed by atoms with van der Waals surface area (Å²) < 4.78 is 71.9. The van der Waals surface area contributed by atoms with Crippen LogP contribution in [-0.4, -0.2) is 20.5 Å². The lowest BCUT2D eigenvalue weighted by atomic mass is 9.90. The first-order valence-corrected chi connectivity index (χ1v) is 10.6. The highest BCUT2D eigenvalue weighted by atomic mass is 32.2. The van der Waals surface area contributed by atoms with E-state index in [1.807, 2.05) is 4.72 Å². The number of hydrogen-bond acceptors (Lipinski definition) is 6. The minimum Gasteiger partial charge on any atom is -0.366 e. The molecule has 0 aliphatic carbocycles. The highest BCUT2D eigenvalue weighted by Gasteiger charge is 2.65. The fourth-order valence-electron chi connectivity index (χ4n) is 3.93. The zero-order valence-corrected chi connectivity index (χ0v) is 16.0. The molecule has 5 rings (SSSR count). The van der Waals surface area contributed by atoms with Gasteiger partial charge in [0.15, 0.2) is 0 Å². The molecule has 2 atom stereocenters. The molecule has 1 saturated heterocycles. The number of halogens is 3. The highest BCUT2D eigenvalue weighted by molar-refractivity contribution is 7.90. The van der Waals surface area contributed by atoms with Crippen LogP contribution in [0.3, 0.4) is 0 Å². The molecule has 0 spiro atoms. The maximum Gasteiger partial charge on any atom is 0.442 e. The van der Waals surface area contributed by atoms with E-state index >= 15 is 0 Å². The number of hydrogen-bond donors (Lipinski definition) is 1. The summed E-state index contributed by atoms with van der Waals surface area (Å²) in [4.78, 5) is 12.2. The van der Waals surface area contributed by atoms with Crippen LogP contribution in [0.5, 0.6) is 0 Å². The smallest absolute Gasteiger partial charge is 0.366 e. The van der Waals surface area contributed by atoms with Gasteiger partial charge in [0.25, 0.3) is 15.9 Å². The molecular weight excluding hydrogens is 423 g/mol. The molecule has 3 heterocycles. The molecule has 0 aromatic heterocycles. The van der Waals surface area contributed by atoms with Crippen LogP contribution < -0.4 is 4.72 Å². The van der Waals surface area contributed by atoms with Gasteiger partial charge in [-0.2, -0.15) is 13.2 Å². The van der Waals surface area contributed by atoms with Crippen molar-refractivity contribution in [3.63, 3.8) is 0 Å². The standard InChI is InChI=1S/C19H14F3N3O4S/c20-19(21,22)18(24-25-18)11-2-4-12(5-3-11)30(27,28)23-17(26)10-1-6-13-14(9-10)16-8-7-15(13)29-16/h1-6,9,15-16H,7-8H2,(H,23,26). The van der Waals surface area contributed by atoms with Crippen molar-refractivity contribution in [2.75, 3.05) is 0 Å². The third kappa shape index (κ3) is 2.83. The highest BCUT2D eigenvalue weighted by Crippen LogP contribution is 2.52. The Morgan fingerprint density at radius 1 is 1.03 bits per heavy atom. The molecule has 0 saturated carbocycles. The average Bonchev–Trinajstić information content (AvgIpc) is 3.29. The van der Waals surface area contributed by atoms with Crippen LogP contribution in [-0.2, 0) is 20.4 Å². The first-order chi connectivity index (χ1) is 14.1. The molecular formula is C19H14F3N3O4S. The lowest BCUT2D eigenvalue weighted by Gasteiger charge is -2.15. The van der Waals surface area contributed by atoms with Gasteiger partial charge in [0.1, 0.15) is 0 Å². The summed E-state index contributed by atoms with van der Waals surface area (Å²) in [6.45, 7) is 0. The molecule has 3 aliphatic heterocycles. The molecule has 3 aliphatic rings. The van der Waals surface area contributed by atoms with E-state index in [-0.39, 0.29) is 28.2 Å². The molecule has 1 amide bonds. The normalized spacial score (nSPS) is 23.3. The zero-order valence-electron chi connectivity index (χ0n) is 15.2. The van der Waals surface area contributed by atoms with Crippen LogP contribution in [0.1, 0.15) is 52.1 Å². The summed E-state index contributed by atoms with van der Waals surface area (Å²) >= 11 is 0. The number of nitrogens with zero attached hydrogens (tertiary/aromatic N) is 2. The Bertz CT molecular complexity index is 1190. The number of rotatable bonds is 4. The van der Waals surface area contributed by atoms with E-state index in [0.29, 0.717) is 0 Å². The number of ether oxygens (including phenoxy) is 1. The molecule has 2 aromatic rings. The van der Waals surface area contributed by atoms with E-state index in [9.17, 15) is 26.4 Å². The van der Waals surface area contributed by atoms with Crippen molar-refractivity contribution >= 4 is 15.9 Å². The van der Waals surface area contributed by atoms with E-state index < -0.39 is 27.8 Å². The summed E-state index contributed by atoms with van der Waals surface area (Å²) in [5.74, 6) is -0.830. The van der Waals surface area contributed by atoms with Crippen molar-refractivity contribution in [1.29, 1.82) is 0 Å². The zero-order chi connectivity index (χ0) is 21.3. The number of carbonyl (C=O) groups excluding carboxylic acids is 1. The van der Waals surface area contributed by atoms with Gasteiger partial charge in [-0.15, -0.1) is 10.2 Å². The summed E-state index contributed by atoms with van der Waals surface area (Å²) in [7, 11) is -4.28. The molecule has 2 bridgehead atoms. The largest absolute Gasteiger partial charge is 0.442 e. The number of benzene rings is 2. The Hall–Kier alpha value is -2.79. The number of fused-ring (bicyclic) bond motifs is 5. The maximum atomic E-state index is 13.1. The third-order valence-corrected chi connectivity index (χ3v) is 6.90. The second kappa shape index (κ2) is 6.11. The quantitative estimate of drug-likeness (QED) is 0.785. The SMILES string of the molecule is O=C(NS(=O)(=O)c1ccc(C2(C(F)(F)F)N=N2)cc1)c1ccc2c(c1)C1CCC2O1. The number of alkyl halides is 3. The first-order valence-electron chi connectivity index (χ1n) is 9.08. The Kier molecular flexibility index (Phi) is 3.91. The minimum atomic E-state index is -4.71. The fraction of sp³-hybridized carbons (Fsp3) is 0.316. The first kappa shape index (κ1) is 19.2. The van der Waals surface area contributed by atoms with Crippen LogP contribution in [0.25, 0.3) is 0 Å². The van der Waals surface area contributed by atoms with E-state index in [0.717, 1.165) is 48.2 Å². The fourth-order valence-corrected chi connectivity index (χ4v) is 4.91. The number of amides is 1. The van der Waals surface area contributed by atoms with Crippen LogP contribution in [0, 0.1) is 0 Å². The van der Waals surface area contributed by atoms with Gasteiger partial charge in [-0.05, 0) is 48.2 Å². The van der Waals surface area contributed by atoms with E-state index in [4.69, 9.17) is 4.74 Å². The third-order valence-electron chi connectivity index (χ3n) is 5.55. The molecule has 1 N–H and O–H groups in total. The monoisotopic (exact) mass is 437 g/mol. The van der Waals surface area contributed by atoms with Crippen molar-refractivity contribution in [3.05, 3.63) is 64.7 Å². The van der Waals surface area contributed by atoms with Crippen molar-refractivity contribution in [3.8, 4) is 0 Å². The maximum absolute atomic E-state index is 13.1. The van der Waals surface area contributed by atoms with Gasteiger partial charge in [0.2, 0.25) is 0 Å². The van der Waals surface area contributed by atoms with Crippen LogP contribution in [0.2, 0.25) is 0 Å². The number of sulfonamides is 1. The topological polar surface area (TPSA) is 97.2 Å². The Morgan fingerprint density at radius 2 is 1.67 bits per heavy atom. The van der Waals surface area contributed by atoms with Crippen LogP contribution in [0.15, 0.2) is 57.6 Å². The molecule has 0 radical (unpaired) electrons. The average molecular weight is 437 g/mol. The summed E-state index contributed by atoms with van der Waals surface area (Å²) in [5.41, 5.74) is -0.874. The van der Waals surface area contributed by atoms with Gasteiger partial charge in [-0.1, -0.05) is 18.2 Å². The summed E-state index contributed by atoms with van der Waals surface area (Å²) in [5, 5.41) is 6.14. The predicted octanol–water partition coefficient (Wildman–Crippen LogP) is 3.89. The Morgan fingerprint density at radius 3 is 2.27 bits per heavy atom. The lowest BCUT2D eigenvalue weighted by Crippen LogP contribution is -2.31. The van der Waals surface area contributed by atoms with Gasteiger partial charge in [-0.25, -0.2) is 13.1 Å².